The first-order valence-electron chi connectivity index (χ1n) is 17.0. The Morgan fingerprint density at radius 2 is 0.776 bits per heavy atom. The minimum atomic E-state index is -0.806. The van der Waals surface area contributed by atoms with Crippen LogP contribution in [-0.4, -0.2) is 49.6 Å². The summed E-state index contributed by atoms with van der Waals surface area (Å²) in [5.41, 5.74) is 1.47. The van der Waals surface area contributed by atoms with Crippen LogP contribution in [0.5, 0.6) is 23.0 Å². The van der Waals surface area contributed by atoms with Gasteiger partial charge in [0.2, 0.25) is 0 Å². The van der Waals surface area contributed by atoms with Crippen molar-refractivity contribution >= 4 is 21.9 Å². The van der Waals surface area contributed by atoms with Gasteiger partial charge in [0.25, 0.3) is 11.6 Å². The second kappa shape index (κ2) is 10.00. The van der Waals surface area contributed by atoms with E-state index in [1.54, 1.807) is 12.1 Å². The molecule has 0 radical (unpaired) electrons. The van der Waals surface area contributed by atoms with Gasteiger partial charge in [-0.15, -0.1) is 0 Å². The first-order valence-corrected chi connectivity index (χ1v) is 17.0. The van der Waals surface area contributed by atoms with Gasteiger partial charge in [0.15, 0.2) is 34.6 Å². The van der Waals surface area contributed by atoms with Crippen LogP contribution >= 0.6 is 0 Å². The lowest BCUT2D eigenvalue weighted by atomic mass is 9.83. The highest BCUT2D eigenvalue weighted by Crippen LogP contribution is 2.54. The number of aryl methyl sites for hydroxylation is 2. The van der Waals surface area contributed by atoms with Gasteiger partial charge in [0.1, 0.15) is 11.2 Å². The van der Waals surface area contributed by atoms with E-state index in [1.807, 2.05) is 26.0 Å². The molecule has 0 N–H and O–H groups in total. The highest BCUT2D eigenvalue weighted by atomic mass is 16.8. The van der Waals surface area contributed by atoms with E-state index in [0.29, 0.717) is 112 Å². The molecule has 12 heteroatoms. The third kappa shape index (κ3) is 4.71. The molecule has 4 aliphatic heterocycles. The summed E-state index contributed by atoms with van der Waals surface area (Å²) in [5.74, 6) is -0.578. The van der Waals surface area contributed by atoms with Crippen LogP contribution in [0.15, 0.2) is 54.8 Å². The van der Waals surface area contributed by atoms with Gasteiger partial charge in [-0.05, 0) is 37.1 Å². The minimum Gasteiger partial charge on any atom is -0.448 e. The van der Waals surface area contributed by atoms with Gasteiger partial charge in [-0.1, -0.05) is 0 Å². The Hall–Kier alpha value is -4.10. The van der Waals surface area contributed by atoms with Crippen molar-refractivity contribution in [3.63, 3.8) is 0 Å². The topological polar surface area (TPSA) is 134 Å². The maximum Gasteiger partial charge on any atom is 0.336 e. The standard InChI is InChI=1S/C37H36O12/c1-21-11-31(38)44-25-15-29-27(13-23(21)25)46-36(48-29)7-3-34(4-8-36)40-17-33(18-41-34)19-42-35(43-20-33)5-9-37(10-6-35)47-28-14-24-22(2)12-32(39)45-26(24)16-30(28)49-37/h11-16H,3-10,17-20H2,1-2H3. The highest BCUT2D eigenvalue weighted by molar-refractivity contribution is 5.85. The summed E-state index contributed by atoms with van der Waals surface area (Å²) in [6.07, 6.45) is 4.80. The predicted molar refractivity (Wildman–Crippen MR) is 171 cm³/mol. The first-order chi connectivity index (χ1) is 23.5. The molecule has 5 spiro atoms. The van der Waals surface area contributed by atoms with Crippen LogP contribution < -0.4 is 30.2 Å². The van der Waals surface area contributed by atoms with E-state index in [1.165, 1.54) is 12.1 Å². The average Bonchev–Trinajstić information content (AvgIpc) is 3.62. The smallest absolute Gasteiger partial charge is 0.336 e. The number of benzene rings is 2. The number of rotatable bonds is 0. The van der Waals surface area contributed by atoms with E-state index < -0.39 is 28.6 Å². The Labute approximate surface area is 280 Å². The zero-order valence-electron chi connectivity index (χ0n) is 27.3. The number of ether oxygens (including phenoxy) is 8. The van der Waals surface area contributed by atoms with Crippen LogP contribution in [0.4, 0.5) is 0 Å². The Morgan fingerprint density at radius 3 is 1.14 bits per heavy atom. The summed E-state index contributed by atoms with van der Waals surface area (Å²) >= 11 is 0. The van der Waals surface area contributed by atoms with Crippen molar-refractivity contribution < 1.29 is 46.7 Å². The van der Waals surface area contributed by atoms with Gasteiger partial charge in [-0.3, -0.25) is 0 Å². The highest BCUT2D eigenvalue weighted by Gasteiger charge is 2.58. The Morgan fingerprint density at radius 1 is 0.449 bits per heavy atom. The SMILES string of the molecule is Cc1cc(=O)oc2cc3c(cc12)OC1(CCC2(CC1)OCC1(CO2)COC2(CCC4(CC2)Oc2cc5oc(=O)cc(C)c5cc2O4)OC1)O3. The van der Waals surface area contributed by atoms with Gasteiger partial charge >= 0.3 is 11.3 Å². The second-order valence-corrected chi connectivity index (χ2v) is 14.8. The molecule has 2 saturated carbocycles. The Balaban J connectivity index is 0.750. The maximum absolute atomic E-state index is 11.9. The summed E-state index contributed by atoms with van der Waals surface area (Å²) < 4.78 is 62.3. The molecule has 6 aliphatic rings. The lowest BCUT2D eigenvalue weighted by Crippen LogP contribution is -2.62. The summed E-state index contributed by atoms with van der Waals surface area (Å²) in [4.78, 5) is 23.8. The number of hydrogen-bond acceptors (Lipinski definition) is 12. The summed E-state index contributed by atoms with van der Waals surface area (Å²) in [6.45, 7) is 5.63. The first kappa shape index (κ1) is 29.8. The van der Waals surface area contributed by atoms with Crippen molar-refractivity contribution in [2.24, 2.45) is 5.41 Å². The average molecular weight is 673 g/mol. The van der Waals surface area contributed by atoms with Gasteiger partial charge in [0, 0.05) is 86.4 Å². The molecule has 4 fully saturated rings. The lowest BCUT2D eigenvalue weighted by Gasteiger charge is -2.54. The van der Waals surface area contributed by atoms with E-state index >= 15 is 0 Å². The fourth-order valence-corrected chi connectivity index (χ4v) is 8.30. The molecule has 0 amide bonds. The normalized spacial score (nSPS) is 34.7. The predicted octanol–water partition coefficient (Wildman–Crippen LogP) is 5.77. The molecular weight excluding hydrogens is 636 g/mol. The van der Waals surface area contributed by atoms with E-state index in [9.17, 15) is 9.59 Å². The molecule has 4 aromatic rings. The number of fused-ring (bicyclic) bond motifs is 4. The van der Waals surface area contributed by atoms with Crippen LogP contribution in [0.2, 0.25) is 0 Å². The Kier molecular flexibility index (Phi) is 6.08. The summed E-state index contributed by atoms with van der Waals surface area (Å²) in [7, 11) is 0. The van der Waals surface area contributed by atoms with Gasteiger partial charge in [0.05, 0.1) is 31.8 Å². The van der Waals surface area contributed by atoms with Gasteiger partial charge < -0.3 is 46.7 Å². The molecule has 2 aromatic heterocycles. The third-order valence-corrected chi connectivity index (χ3v) is 11.3. The fourth-order valence-electron chi connectivity index (χ4n) is 8.30. The molecule has 0 unspecified atom stereocenters. The molecule has 0 atom stereocenters. The van der Waals surface area contributed by atoms with E-state index in [2.05, 4.69) is 0 Å². The van der Waals surface area contributed by atoms with Gasteiger partial charge in [-0.2, -0.15) is 0 Å². The quantitative estimate of drug-likeness (QED) is 0.210. The lowest BCUT2D eigenvalue weighted by molar-refractivity contribution is -0.385. The van der Waals surface area contributed by atoms with Crippen molar-refractivity contribution in [1.82, 2.24) is 0 Å². The van der Waals surface area contributed by atoms with Crippen LogP contribution in [0, 0.1) is 19.3 Å². The van der Waals surface area contributed by atoms with Crippen molar-refractivity contribution in [1.29, 1.82) is 0 Å². The molecular formula is C37H36O12. The minimum absolute atomic E-state index is 0.388. The zero-order valence-corrected chi connectivity index (χ0v) is 27.3. The van der Waals surface area contributed by atoms with Crippen molar-refractivity contribution in [3.8, 4) is 23.0 Å². The molecule has 6 heterocycles. The molecule has 49 heavy (non-hydrogen) atoms. The molecule has 2 aliphatic carbocycles. The van der Waals surface area contributed by atoms with Crippen LogP contribution in [0.3, 0.4) is 0 Å². The molecule has 256 valence electrons. The van der Waals surface area contributed by atoms with E-state index in [0.717, 1.165) is 21.9 Å². The monoisotopic (exact) mass is 672 g/mol. The fraction of sp³-hybridized carbons (Fsp3) is 0.514. The van der Waals surface area contributed by atoms with E-state index in [4.69, 9.17) is 46.7 Å². The van der Waals surface area contributed by atoms with Crippen LogP contribution in [-0.2, 0) is 18.9 Å². The van der Waals surface area contributed by atoms with Gasteiger partial charge in [-0.25, -0.2) is 9.59 Å². The van der Waals surface area contributed by atoms with Crippen LogP contribution in [0.25, 0.3) is 21.9 Å². The van der Waals surface area contributed by atoms with Crippen LogP contribution in [0.1, 0.15) is 62.5 Å². The Bertz CT molecular complexity index is 1970. The molecule has 2 saturated heterocycles. The largest absolute Gasteiger partial charge is 0.448 e. The molecule has 10 rings (SSSR count). The molecule has 2 aromatic carbocycles. The molecule has 12 nitrogen and oxygen atoms in total. The van der Waals surface area contributed by atoms with Crippen molar-refractivity contribution in [2.45, 2.75) is 88.4 Å². The van der Waals surface area contributed by atoms with Crippen molar-refractivity contribution in [2.75, 3.05) is 26.4 Å². The summed E-state index contributed by atoms with van der Waals surface area (Å²) in [6, 6.07) is 10.2. The third-order valence-electron chi connectivity index (χ3n) is 11.3. The molecule has 0 bridgehead atoms. The number of hydrogen-bond donors (Lipinski definition) is 0. The second-order valence-electron chi connectivity index (χ2n) is 14.8. The summed E-state index contributed by atoms with van der Waals surface area (Å²) in [5, 5.41) is 1.66. The van der Waals surface area contributed by atoms with Crippen molar-refractivity contribution in [3.05, 3.63) is 68.4 Å². The zero-order chi connectivity index (χ0) is 33.2. The van der Waals surface area contributed by atoms with E-state index in [-0.39, 0.29) is 11.3 Å². The maximum atomic E-state index is 11.9.